The van der Waals surface area contributed by atoms with E-state index in [0.717, 1.165) is 6.61 Å². The molecule has 1 aromatic carbocycles. The lowest BCUT2D eigenvalue weighted by Crippen LogP contribution is -2.06. The van der Waals surface area contributed by atoms with Gasteiger partial charge in [-0.15, -0.1) is 0 Å². The fourth-order valence-corrected chi connectivity index (χ4v) is 2.42. The van der Waals surface area contributed by atoms with Gasteiger partial charge in [-0.2, -0.15) is 0 Å². The molecule has 1 aliphatic carbocycles. The van der Waals surface area contributed by atoms with E-state index in [9.17, 15) is 0 Å². The van der Waals surface area contributed by atoms with Crippen molar-refractivity contribution >= 4 is 5.57 Å². The Balaban J connectivity index is 2.45. The number of hydrogen-bond acceptors (Lipinski definition) is 1. The summed E-state index contributed by atoms with van der Waals surface area (Å²) < 4.78 is 5.30. The minimum atomic E-state index is 0.207. The molecule has 86 valence electrons. The first-order valence-electron chi connectivity index (χ1n) is 5.84. The van der Waals surface area contributed by atoms with Gasteiger partial charge in [0.1, 0.15) is 0 Å². The molecule has 0 aliphatic heterocycles. The van der Waals surface area contributed by atoms with Crippen LogP contribution in [0, 0.1) is 5.41 Å². The van der Waals surface area contributed by atoms with Crippen molar-refractivity contribution in [3.05, 3.63) is 41.5 Å². The molecule has 0 amide bonds. The van der Waals surface area contributed by atoms with Gasteiger partial charge in [0.15, 0.2) is 0 Å². The summed E-state index contributed by atoms with van der Waals surface area (Å²) in [7, 11) is 1.77. The van der Waals surface area contributed by atoms with Crippen LogP contribution in [0.4, 0.5) is 0 Å². The molecule has 1 atom stereocenters. The van der Waals surface area contributed by atoms with E-state index in [1.807, 2.05) is 0 Å². The summed E-state index contributed by atoms with van der Waals surface area (Å²) in [5.74, 6) is 0.426. The monoisotopic (exact) mass is 216 g/mol. The fourth-order valence-electron chi connectivity index (χ4n) is 2.42. The van der Waals surface area contributed by atoms with E-state index in [1.165, 1.54) is 16.7 Å². The number of hydrogen-bond donors (Lipinski definition) is 0. The van der Waals surface area contributed by atoms with Gasteiger partial charge >= 0.3 is 0 Å². The lowest BCUT2D eigenvalue weighted by atomic mass is 9.83. The molecule has 2 rings (SSSR count). The van der Waals surface area contributed by atoms with E-state index in [2.05, 4.69) is 51.1 Å². The topological polar surface area (TPSA) is 9.23 Å². The molecule has 0 radical (unpaired) electrons. The highest BCUT2D eigenvalue weighted by atomic mass is 16.5. The first-order chi connectivity index (χ1) is 7.54. The Bertz CT molecular complexity index is 410. The fraction of sp³-hybridized carbons (Fsp3) is 0.467. The molecule has 0 fully saturated rings. The first kappa shape index (κ1) is 11.4. The predicted octanol–water partition coefficient (Wildman–Crippen LogP) is 3.86. The molecule has 0 aromatic heterocycles. The van der Waals surface area contributed by atoms with Crippen LogP contribution in [0.15, 0.2) is 30.3 Å². The molecule has 0 N–H and O–H groups in total. The highest BCUT2D eigenvalue weighted by Crippen LogP contribution is 2.44. The van der Waals surface area contributed by atoms with Gasteiger partial charge < -0.3 is 4.74 Å². The van der Waals surface area contributed by atoms with E-state index in [1.54, 1.807) is 7.11 Å². The Labute approximate surface area is 98.1 Å². The van der Waals surface area contributed by atoms with E-state index in [0.29, 0.717) is 5.92 Å². The largest absolute Gasteiger partial charge is 0.384 e. The molecular formula is C15H20O. The van der Waals surface area contributed by atoms with Crippen LogP contribution in [0.2, 0.25) is 0 Å². The zero-order valence-corrected chi connectivity index (χ0v) is 10.6. The number of methoxy groups -OCH3 is 1. The van der Waals surface area contributed by atoms with Crippen LogP contribution >= 0.6 is 0 Å². The van der Waals surface area contributed by atoms with Crippen molar-refractivity contribution in [1.29, 1.82) is 0 Å². The number of allylic oxidation sites excluding steroid dienone is 1. The second-order valence-electron chi connectivity index (χ2n) is 5.48. The van der Waals surface area contributed by atoms with Crippen LogP contribution in [0.5, 0.6) is 0 Å². The summed E-state index contributed by atoms with van der Waals surface area (Å²) in [6.45, 7) is 7.58. The third kappa shape index (κ3) is 1.92. The summed E-state index contributed by atoms with van der Waals surface area (Å²) >= 11 is 0. The third-order valence-electron chi connectivity index (χ3n) is 3.17. The Morgan fingerprint density at radius 1 is 1.19 bits per heavy atom. The summed E-state index contributed by atoms with van der Waals surface area (Å²) in [4.78, 5) is 0. The van der Waals surface area contributed by atoms with Gasteiger partial charge in [-0.05, 0) is 22.1 Å². The highest BCUT2D eigenvalue weighted by molar-refractivity contribution is 5.77. The van der Waals surface area contributed by atoms with Crippen molar-refractivity contribution in [2.45, 2.75) is 26.7 Å². The van der Waals surface area contributed by atoms with Crippen molar-refractivity contribution in [3.8, 4) is 0 Å². The number of fused-ring (bicyclic) bond motifs is 1. The average molecular weight is 216 g/mol. The van der Waals surface area contributed by atoms with E-state index >= 15 is 0 Å². The molecule has 1 heteroatoms. The molecule has 1 aliphatic rings. The number of ether oxygens (including phenoxy) is 1. The second kappa shape index (κ2) is 4.06. The summed E-state index contributed by atoms with van der Waals surface area (Å²) in [6, 6.07) is 8.67. The van der Waals surface area contributed by atoms with Gasteiger partial charge in [-0.3, -0.25) is 0 Å². The Hall–Kier alpha value is -1.08. The quantitative estimate of drug-likeness (QED) is 0.729. The summed E-state index contributed by atoms with van der Waals surface area (Å²) in [5.41, 5.74) is 4.47. The Morgan fingerprint density at radius 3 is 2.50 bits per heavy atom. The van der Waals surface area contributed by atoms with Gasteiger partial charge in [0.05, 0.1) is 6.61 Å². The van der Waals surface area contributed by atoms with Crippen molar-refractivity contribution in [2.24, 2.45) is 5.41 Å². The van der Waals surface area contributed by atoms with Gasteiger partial charge in [0, 0.05) is 13.0 Å². The van der Waals surface area contributed by atoms with Gasteiger partial charge in [0.25, 0.3) is 0 Å². The molecule has 1 nitrogen and oxygen atoms in total. The van der Waals surface area contributed by atoms with E-state index < -0.39 is 0 Å². The van der Waals surface area contributed by atoms with E-state index in [4.69, 9.17) is 4.74 Å². The van der Waals surface area contributed by atoms with Crippen LogP contribution in [0.25, 0.3) is 5.57 Å². The first-order valence-corrected chi connectivity index (χ1v) is 5.84. The molecule has 16 heavy (non-hydrogen) atoms. The Morgan fingerprint density at radius 2 is 1.88 bits per heavy atom. The lowest BCUT2D eigenvalue weighted by Gasteiger charge is -2.21. The SMILES string of the molecule is COCC1C=C(C(C)(C)C)c2ccccc21. The molecular weight excluding hydrogens is 196 g/mol. The molecule has 0 bridgehead atoms. The smallest absolute Gasteiger partial charge is 0.0566 e. The van der Waals surface area contributed by atoms with Gasteiger partial charge in [0.2, 0.25) is 0 Å². The van der Waals surface area contributed by atoms with Crippen molar-refractivity contribution in [3.63, 3.8) is 0 Å². The second-order valence-corrected chi connectivity index (χ2v) is 5.48. The lowest BCUT2D eigenvalue weighted by molar-refractivity contribution is 0.192. The zero-order valence-electron chi connectivity index (χ0n) is 10.6. The maximum absolute atomic E-state index is 5.30. The average Bonchev–Trinajstić information content (AvgIpc) is 2.58. The maximum Gasteiger partial charge on any atom is 0.0566 e. The number of rotatable bonds is 2. The molecule has 1 aromatic rings. The summed E-state index contributed by atoms with van der Waals surface area (Å²) in [6.07, 6.45) is 2.37. The normalized spacial score (nSPS) is 19.5. The van der Waals surface area contributed by atoms with Crippen molar-refractivity contribution in [2.75, 3.05) is 13.7 Å². The minimum Gasteiger partial charge on any atom is -0.384 e. The van der Waals surface area contributed by atoms with Gasteiger partial charge in [-0.25, -0.2) is 0 Å². The maximum atomic E-state index is 5.30. The number of benzene rings is 1. The minimum absolute atomic E-state index is 0.207. The van der Waals surface area contributed by atoms with Crippen LogP contribution in [-0.2, 0) is 4.74 Å². The molecule has 0 saturated heterocycles. The van der Waals surface area contributed by atoms with Crippen molar-refractivity contribution in [1.82, 2.24) is 0 Å². The molecule has 0 spiro atoms. The van der Waals surface area contributed by atoms with Crippen LogP contribution in [0.3, 0.4) is 0 Å². The highest BCUT2D eigenvalue weighted by Gasteiger charge is 2.29. The molecule has 0 heterocycles. The van der Waals surface area contributed by atoms with E-state index in [-0.39, 0.29) is 5.41 Å². The van der Waals surface area contributed by atoms with Crippen LogP contribution < -0.4 is 0 Å². The molecule has 0 saturated carbocycles. The van der Waals surface area contributed by atoms with Gasteiger partial charge in [-0.1, -0.05) is 51.1 Å². The van der Waals surface area contributed by atoms with Crippen LogP contribution in [-0.4, -0.2) is 13.7 Å². The standard InChI is InChI=1S/C15H20O/c1-15(2,3)14-9-11(10-16-4)12-7-5-6-8-13(12)14/h5-9,11H,10H2,1-4H3. The summed E-state index contributed by atoms with van der Waals surface area (Å²) in [5, 5.41) is 0. The Kier molecular flexibility index (Phi) is 2.90. The zero-order chi connectivity index (χ0) is 11.8. The van der Waals surface area contributed by atoms with Crippen LogP contribution in [0.1, 0.15) is 37.8 Å². The third-order valence-corrected chi connectivity index (χ3v) is 3.17. The predicted molar refractivity (Wildman–Crippen MR) is 68.5 cm³/mol. The van der Waals surface area contributed by atoms with Crippen molar-refractivity contribution < 1.29 is 4.74 Å². The molecule has 1 unspecified atom stereocenters.